The Labute approximate surface area is 314 Å². The van der Waals surface area contributed by atoms with Crippen molar-refractivity contribution in [1.82, 2.24) is 0 Å². The molecule has 0 saturated heterocycles. The molecular weight excluding hydrogens is 669 g/mol. The number of fused-ring (bicyclic) bond motifs is 10. The first kappa shape index (κ1) is 32.8. The Hall–Kier alpha value is -5.88. The summed E-state index contributed by atoms with van der Waals surface area (Å²) in [6.45, 7) is 12.9. The molecular formula is C48H39BF2N2O. The molecule has 0 spiro atoms. The Morgan fingerprint density at radius 1 is 0.500 bits per heavy atom. The van der Waals surface area contributed by atoms with Crippen molar-refractivity contribution in [3.63, 3.8) is 0 Å². The van der Waals surface area contributed by atoms with E-state index in [-0.39, 0.29) is 29.2 Å². The third kappa shape index (κ3) is 4.58. The van der Waals surface area contributed by atoms with Crippen LogP contribution in [0.4, 0.5) is 42.9 Å². The molecule has 7 aromatic carbocycles. The lowest BCUT2D eigenvalue weighted by atomic mass is 9.33. The largest absolute Gasteiger partial charge is 0.454 e. The standard InChI is InChI=1S/C48H39BF2N2O/c1-47(2,3)29-26-40-42-41(27-29)53(39-21-12-10-19-37(39)51)44-35(25-23-32-31-16-13-17-33(48(4,5)6)45(31)54-46(32)44)49(42)34-24-22-28-14-7-8-15-30(28)43(34)52(40)38-20-11-9-18-36(38)50/h7-27H,1-6H3. The maximum absolute atomic E-state index is 16.5. The van der Waals surface area contributed by atoms with Gasteiger partial charge in [-0.2, -0.15) is 0 Å². The number of hydrogen-bond acceptors (Lipinski definition) is 3. The molecule has 0 radical (unpaired) electrons. The summed E-state index contributed by atoms with van der Waals surface area (Å²) in [7, 11) is 0. The van der Waals surface area contributed by atoms with Crippen LogP contribution in [0.25, 0.3) is 32.7 Å². The minimum Gasteiger partial charge on any atom is -0.454 e. The van der Waals surface area contributed by atoms with E-state index in [9.17, 15) is 0 Å². The van der Waals surface area contributed by atoms with Crippen LogP contribution in [0.5, 0.6) is 0 Å². The van der Waals surface area contributed by atoms with Gasteiger partial charge in [0.05, 0.1) is 17.1 Å². The van der Waals surface area contributed by atoms with E-state index in [0.717, 1.165) is 83.0 Å². The summed E-state index contributed by atoms with van der Waals surface area (Å²) in [5.41, 5.74) is 10.7. The lowest BCUT2D eigenvalue weighted by Gasteiger charge is -2.45. The fourth-order valence-corrected chi connectivity index (χ4v) is 8.88. The van der Waals surface area contributed by atoms with Gasteiger partial charge in [-0.05, 0) is 74.6 Å². The molecule has 0 N–H and O–H groups in total. The zero-order valence-electron chi connectivity index (χ0n) is 31.3. The minimum atomic E-state index is -0.339. The lowest BCUT2D eigenvalue weighted by molar-refractivity contribution is 0.573. The predicted molar refractivity (Wildman–Crippen MR) is 223 cm³/mol. The second kappa shape index (κ2) is 11.3. The van der Waals surface area contributed by atoms with E-state index >= 15 is 8.78 Å². The van der Waals surface area contributed by atoms with E-state index in [4.69, 9.17) is 4.42 Å². The summed E-state index contributed by atoms with van der Waals surface area (Å²) in [5, 5.41) is 4.11. The molecule has 1 aromatic heterocycles. The van der Waals surface area contributed by atoms with Gasteiger partial charge in [-0.1, -0.05) is 133 Å². The number of anilines is 6. The summed E-state index contributed by atoms with van der Waals surface area (Å²) in [6.07, 6.45) is 0. The Morgan fingerprint density at radius 3 is 1.70 bits per heavy atom. The van der Waals surface area contributed by atoms with E-state index in [1.165, 1.54) is 12.1 Å². The van der Waals surface area contributed by atoms with Crippen LogP contribution < -0.4 is 26.2 Å². The zero-order chi connectivity index (χ0) is 37.3. The number of para-hydroxylation sites is 3. The molecule has 0 atom stereocenters. The van der Waals surface area contributed by atoms with Crippen LogP contribution in [0.15, 0.2) is 132 Å². The molecule has 0 saturated carbocycles. The molecule has 3 heterocycles. The van der Waals surface area contributed by atoms with Crippen LogP contribution >= 0.6 is 0 Å². The average molecular weight is 709 g/mol. The van der Waals surface area contributed by atoms with E-state index in [0.29, 0.717) is 11.4 Å². The highest BCUT2D eigenvalue weighted by atomic mass is 19.1. The zero-order valence-corrected chi connectivity index (χ0v) is 31.3. The first-order chi connectivity index (χ1) is 25.9. The first-order valence-corrected chi connectivity index (χ1v) is 18.7. The highest BCUT2D eigenvalue weighted by Crippen LogP contribution is 2.50. The fraction of sp³-hybridized carbons (Fsp3) is 0.167. The molecule has 0 unspecified atom stereocenters. The van der Waals surface area contributed by atoms with Gasteiger partial charge in [-0.25, -0.2) is 8.78 Å². The number of rotatable bonds is 2. The molecule has 2 aliphatic heterocycles. The van der Waals surface area contributed by atoms with Gasteiger partial charge in [-0.3, -0.25) is 0 Å². The Morgan fingerprint density at radius 2 is 1.06 bits per heavy atom. The molecule has 0 aliphatic carbocycles. The van der Waals surface area contributed by atoms with Gasteiger partial charge in [0, 0.05) is 38.8 Å². The molecule has 0 fully saturated rings. The molecule has 6 heteroatoms. The van der Waals surface area contributed by atoms with Gasteiger partial charge in [-0.15, -0.1) is 0 Å². The van der Waals surface area contributed by atoms with Crippen molar-refractivity contribution in [3.05, 3.63) is 150 Å². The van der Waals surface area contributed by atoms with E-state index in [2.05, 4.69) is 118 Å². The Balaban J connectivity index is 1.42. The Kier molecular flexibility index (Phi) is 6.86. The van der Waals surface area contributed by atoms with Crippen LogP contribution in [0, 0.1) is 11.6 Å². The second-order valence-electron chi connectivity index (χ2n) is 16.8. The summed E-state index contributed by atoms with van der Waals surface area (Å²) < 4.78 is 39.9. The third-order valence-corrected chi connectivity index (χ3v) is 11.4. The number of nitrogens with zero attached hydrogens (tertiary/aromatic N) is 2. The average Bonchev–Trinajstić information content (AvgIpc) is 3.53. The lowest BCUT2D eigenvalue weighted by Crippen LogP contribution is -2.61. The number of hydrogen-bond donors (Lipinski definition) is 0. The van der Waals surface area contributed by atoms with Crippen LogP contribution in [0.3, 0.4) is 0 Å². The first-order valence-electron chi connectivity index (χ1n) is 18.7. The van der Waals surface area contributed by atoms with E-state index in [1.807, 2.05) is 36.4 Å². The second-order valence-corrected chi connectivity index (χ2v) is 16.8. The third-order valence-electron chi connectivity index (χ3n) is 11.4. The van der Waals surface area contributed by atoms with Crippen molar-refractivity contribution in [1.29, 1.82) is 0 Å². The molecule has 264 valence electrons. The molecule has 8 aromatic rings. The number of furan rings is 1. The predicted octanol–water partition coefficient (Wildman–Crippen LogP) is 11.7. The molecule has 54 heavy (non-hydrogen) atoms. The van der Waals surface area contributed by atoms with Crippen molar-refractivity contribution in [2.45, 2.75) is 52.4 Å². The fourth-order valence-electron chi connectivity index (χ4n) is 8.88. The van der Waals surface area contributed by atoms with Gasteiger partial charge >= 0.3 is 0 Å². The molecule has 0 amide bonds. The van der Waals surface area contributed by atoms with Gasteiger partial charge in [0.15, 0.2) is 5.58 Å². The van der Waals surface area contributed by atoms with E-state index < -0.39 is 0 Å². The van der Waals surface area contributed by atoms with Crippen LogP contribution in [0.2, 0.25) is 0 Å². The minimum absolute atomic E-state index is 0.165. The van der Waals surface area contributed by atoms with Crippen LogP contribution in [-0.2, 0) is 10.8 Å². The monoisotopic (exact) mass is 708 g/mol. The number of benzene rings is 7. The smallest absolute Gasteiger partial charge is 0.252 e. The highest BCUT2D eigenvalue weighted by molar-refractivity contribution is 7.00. The molecule has 0 bridgehead atoms. The van der Waals surface area contributed by atoms with E-state index in [1.54, 1.807) is 12.1 Å². The van der Waals surface area contributed by atoms with Gasteiger partial charge in [0.1, 0.15) is 17.2 Å². The van der Waals surface area contributed by atoms with Crippen molar-refractivity contribution in [2.24, 2.45) is 0 Å². The van der Waals surface area contributed by atoms with Gasteiger partial charge in [0.25, 0.3) is 6.71 Å². The topological polar surface area (TPSA) is 19.6 Å². The van der Waals surface area contributed by atoms with Gasteiger partial charge < -0.3 is 14.2 Å². The van der Waals surface area contributed by atoms with Crippen LogP contribution in [-0.4, -0.2) is 6.71 Å². The highest BCUT2D eigenvalue weighted by Gasteiger charge is 2.46. The normalized spacial score (nSPS) is 13.8. The summed E-state index contributed by atoms with van der Waals surface area (Å²) in [5.74, 6) is -0.654. The number of halogens is 2. The summed E-state index contributed by atoms with van der Waals surface area (Å²) in [4.78, 5) is 4.18. The Bertz CT molecular complexity index is 2860. The van der Waals surface area contributed by atoms with Crippen molar-refractivity contribution in [2.75, 3.05) is 9.80 Å². The SMILES string of the molecule is CC(C)(C)c1cc2c3c(c1)N(c1ccccc1F)c1c(ccc4c1oc1c(C(C)(C)C)cccc14)B3c1ccc3ccccc3c1N2c1ccccc1F. The van der Waals surface area contributed by atoms with Crippen molar-refractivity contribution < 1.29 is 13.2 Å². The molecule has 10 rings (SSSR count). The quantitative estimate of drug-likeness (QED) is 0.167. The van der Waals surface area contributed by atoms with Crippen LogP contribution in [0.1, 0.15) is 52.7 Å². The molecule has 3 nitrogen and oxygen atoms in total. The summed E-state index contributed by atoms with van der Waals surface area (Å²) in [6, 6.07) is 41.9. The maximum atomic E-state index is 16.5. The van der Waals surface area contributed by atoms with Crippen molar-refractivity contribution in [3.8, 4) is 0 Å². The summed E-state index contributed by atoms with van der Waals surface area (Å²) >= 11 is 0. The van der Waals surface area contributed by atoms with Gasteiger partial charge in [0.2, 0.25) is 0 Å². The maximum Gasteiger partial charge on any atom is 0.252 e. The van der Waals surface area contributed by atoms with Crippen molar-refractivity contribution >= 4 is 89.9 Å². The molecule has 2 aliphatic rings.